The zero-order valence-electron chi connectivity index (χ0n) is 36.0. The molecule has 5 aliphatic heterocycles. The molecule has 3 aromatic carbocycles. The maximum atomic E-state index is 14.1. The van der Waals surface area contributed by atoms with Crippen LogP contribution in [0.25, 0.3) is 0 Å². The van der Waals surface area contributed by atoms with Gasteiger partial charge in [-0.05, 0) is 66.7 Å². The number of nitrogens with one attached hydrogen (secondary N) is 2. The molecule has 346 valence electrons. The second kappa shape index (κ2) is 16.7. The molecule has 67 heavy (non-hydrogen) atoms. The van der Waals surface area contributed by atoms with E-state index >= 15 is 0 Å². The monoisotopic (exact) mass is 919 g/mol. The van der Waals surface area contributed by atoms with Gasteiger partial charge in [0.1, 0.15) is 71.6 Å². The Kier molecular flexibility index (Phi) is 10.7. The van der Waals surface area contributed by atoms with E-state index < -0.39 is 23.9 Å². The minimum Gasteiger partial charge on any atom is -0.489 e. The zero-order valence-corrected chi connectivity index (χ0v) is 36.0. The Hall–Kier alpha value is -6.96. The van der Waals surface area contributed by atoms with Crippen molar-refractivity contribution >= 4 is 29.6 Å². The lowest BCUT2D eigenvalue weighted by Crippen LogP contribution is -2.45. The molecule has 16 nitrogen and oxygen atoms in total. The molecule has 0 unspecified atom stereocenters. The lowest BCUT2D eigenvalue weighted by molar-refractivity contribution is -0.138. The number of aromatic nitrogens is 2. The van der Waals surface area contributed by atoms with Crippen LogP contribution in [0.1, 0.15) is 68.9 Å². The number of Topliss-reactive ketones (excluding diaryl/α,β-unsaturated/α-hetero) is 1. The van der Waals surface area contributed by atoms with E-state index in [1.165, 1.54) is 18.3 Å². The second-order valence-corrected chi connectivity index (χ2v) is 17.4. The third-order valence-corrected chi connectivity index (χ3v) is 13.4. The van der Waals surface area contributed by atoms with Gasteiger partial charge in [0.25, 0.3) is 0 Å². The number of hydrogen-bond donors (Lipinski definition) is 3. The molecule has 12 rings (SSSR count). The summed E-state index contributed by atoms with van der Waals surface area (Å²) in [4.78, 5) is 48.6. The summed E-state index contributed by atoms with van der Waals surface area (Å²) in [7, 11) is 0. The number of anilines is 2. The number of fused-ring (bicyclic) bond motifs is 8. The number of nitrogens with zero attached hydrogens (tertiary/aromatic N) is 4. The number of pyridine rings is 2. The van der Waals surface area contributed by atoms with Gasteiger partial charge in [-0.1, -0.05) is 19.1 Å². The van der Waals surface area contributed by atoms with Crippen LogP contribution in [0.4, 0.5) is 34.4 Å². The molecule has 3 fully saturated rings. The number of amides is 2. The average molecular weight is 920 g/mol. The standard InChI is InChI=1S/C32H31F3N4O5.C16H13N3O4/c1-2-38-9-11-39(12-10-38)16-19-4-3-18(13-24(19)32(33,34)35)25(40)15-22-28-21-14-20(5-6-26(21)44-29(22)28)43-27-7-8-36-30-23(27)17-42-31(41)37-30;17-13-12-8-5-7(1-2-10(8)23-14(12)13)22-11-3-4-18-15-9(11)6-21-16(20)19-15/h3-8,13-14,22,28-29H,2,9-12,15-17H2,1H3,(H,36,37,41);1-5,12-14H,6,17H2,(H,18,19,20)/t22-,28-,29+;12-,13-,14-/m00/s1. The summed E-state index contributed by atoms with van der Waals surface area (Å²) in [5, 5.41) is 5.10. The van der Waals surface area contributed by atoms with Crippen molar-refractivity contribution in [3.63, 3.8) is 0 Å². The third kappa shape index (κ3) is 8.31. The number of carbonyl (C=O) groups excluding carboxylic acids is 3. The van der Waals surface area contributed by atoms with Crippen LogP contribution in [0, 0.1) is 5.92 Å². The second-order valence-electron chi connectivity index (χ2n) is 17.4. The van der Waals surface area contributed by atoms with Gasteiger partial charge in [0.05, 0.1) is 22.7 Å². The Morgan fingerprint density at radius 1 is 0.761 bits per heavy atom. The number of ether oxygens (including phenoxy) is 6. The first-order valence-corrected chi connectivity index (χ1v) is 22.1. The van der Waals surface area contributed by atoms with Crippen LogP contribution in [0.5, 0.6) is 34.5 Å². The van der Waals surface area contributed by atoms with Gasteiger partial charge in [-0.15, -0.1) is 0 Å². The molecule has 5 aromatic rings. The zero-order chi connectivity index (χ0) is 46.1. The molecule has 2 saturated carbocycles. The van der Waals surface area contributed by atoms with E-state index in [0.29, 0.717) is 64.6 Å². The van der Waals surface area contributed by atoms with Crippen LogP contribution in [0.2, 0.25) is 0 Å². The largest absolute Gasteiger partial charge is 0.489 e. The molecule has 4 N–H and O–H groups in total. The van der Waals surface area contributed by atoms with E-state index in [0.717, 1.165) is 42.6 Å². The smallest absolute Gasteiger partial charge is 0.416 e. The highest BCUT2D eigenvalue weighted by Crippen LogP contribution is 2.60. The molecule has 7 aliphatic rings. The normalized spacial score (nSPS) is 23.8. The molecular formula is C48H44F3N7O9. The quantitative estimate of drug-likeness (QED) is 0.114. The van der Waals surface area contributed by atoms with Crippen LogP contribution in [0.3, 0.4) is 0 Å². The number of carbonyl (C=O) groups is 3. The van der Waals surface area contributed by atoms with Crippen LogP contribution < -0.4 is 35.3 Å². The van der Waals surface area contributed by atoms with Gasteiger partial charge in [-0.2, -0.15) is 13.2 Å². The first-order valence-electron chi connectivity index (χ1n) is 22.1. The molecule has 0 spiro atoms. The Bertz CT molecular complexity index is 2820. The predicted octanol–water partition coefficient (Wildman–Crippen LogP) is 7.96. The summed E-state index contributed by atoms with van der Waals surface area (Å²) >= 11 is 0. The number of hydrogen-bond acceptors (Lipinski definition) is 14. The highest BCUT2D eigenvalue weighted by atomic mass is 19.4. The van der Waals surface area contributed by atoms with Crippen molar-refractivity contribution in [2.45, 2.75) is 69.4 Å². The van der Waals surface area contributed by atoms with E-state index in [1.807, 2.05) is 29.2 Å². The van der Waals surface area contributed by atoms with Crippen molar-refractivity contribution in [2.75, 3.05) is 43.4 Å². The Balaban J connectivity index is 0.000000179. The fourth-order valence-corrected chi connectivity index (χ4v) is 9.62. The van der Waals surface area contributed by atoms with Gasteiger partial charge in [-0.25, -0.2) is 19.6 Å². The van der Waals surface area contributed by atoms with Crippen LogP contribution in [0.15, 0.2) is 79.1 Å². The fraction of sp³-hybridized carbons (Fsp3) is 0.354. The van der Waals surface area contributed by atoms with Gasteiger partial charge < -0.3 is 39.1 Å². The maximum Gasteiger partial charge on any atom is 0.416 e. The molecule has 6 atom stereocenters. The van der Waals surface area contributed by atoms with Gasteiger partial charge in [0.2, 0.25) is 0 Å². The number of halogens is 3. The highest BCUT2D eigenvalue weighted by Gasteiger charge is 2.59. The molecule has 2 amide bonds. The van der Waals surface area contributed by atoms with E-state index in [1.54, 1.807) is 30.5 Å². The van der Waals surface area contributed by atoms with Crippen LogP contribution in [-0.2, 0) is 35.4 Å². The number of piperazine rings is 1. The summed E-state index contributed by atoms with van der Waals surface area (Å²) in [5.74, 6) is 4.49. The molecule has 2 aliphatic carbocycles. The molecular weight excluding hydrogens is 876 g/mol. The van der Waals surface area contributed by atoms with Gasteiger partial charge in [-0.3, -0.25) is 20.3 Å². The first kappa shape index (κ1) is 42.7. The molecule has 19 heteroatoms. The minimum absolute atomic E-state index is 0.0280. The van der Waals surface area contributed by atoms with Crippen molar-refractivity contribution in [2.24, 2.45) is 11.7 Å². The molecule has 2 aromatic heterocycles. The van der Waals surface area contributed by atoms with Crippen molar-refractivity contribution in [1.82, 2.24) is 19.8 Å². The van der Waals surface area contributed by atoms with Crippen LogP contribution in [-0.4, -0.2) is 88.7 Å². The Labute approximate surface area is 381 Å². The number of rotatable bonds is 10. The Morgan fingerprint density at radius 2 is 1.33 bits per heavy atom. The molecule has 0 radical (unpaired) electrons. The van der Waals surface area contributed by atoms with Crippen molar-refractivity contribution < 1.29 is 56.0 Å². The number of benzene rings is 3. The summed E-state index contributed by atoms with van der Waals surface area (Å²) < 4.78 is 76.2. The van der Waals surface area contributed by atoms with Gasteiger partial charge in [0.15, 0.2) is 5.78 Å². The molecule has 1 saturated heterocycles. The number of nitrogens with two attached hydrogens (primary N) is 1. The van der Waals surface area contributed by atoms with Gasteiger partial charge >= 0.3 is 18.4 Å². The lowest BCUT2D eigenvalue weighted by Gasteiger charge is -2.34. The van der Waals surface area contributed by atoms with Gasteiger partial charge in [0, 0.05) is 86.0 Å². The Morgan fingerprint density at radius 3 is 1.91 bits per heavy atom. The fourth-order valence-electron chi connectivity index (χ4n) is 9.62. The summed E-state index contributed by atoms with van der Waals surface area (Å²) in [6, 6.07) is 18.6. The summed E-state index contributed by atoms with van der Waals surface area (Å²) in [5.41, 5.74) is 8.78. The predicted molar refractivity (Wildman–Crippen MR) is 233 cm³/mol. The van der Waals surface area contributed by atoms with E-state index in [2.05, 4.69) is 32.4 Å². The summed E-state index contributed by atoms with van der Waals surface area (Å²) in [6.07, 6.45) is -2.54. The summed E-state index contributed by atoms with van der Waals surface area (Å²) in [6.45, 7) is 6.45. The van der Waals surface area contributed by atoms with E-state index in [-0.39, 0.29) is 79.1 Å². The molecule has 0 bridgehead atoms. The van der Waals surface area contributed by atoms with Crippen LogP contribution >= 0.6 is 0 Å². The number of ketones is 1. The third-order valence-electron chi connectivity index (χ3n) is 13.4. The number of alkyl halides is 3. The van der Waals surface area contributed by atoms with Crippen molar-refractivity contribution in [3.8, 4) is 34.5 Å². The molecule has 7 heterocycles. The van der Waals surface area contributed by atoms with Crippen molar-refractivity contribution in [1.29, 1.82) is 0 Å². The topological polar surface area (TPSA) is 189 Å². The SMILES string of the molecule is CCN1CCN(Cc2ccc(C(=O)C[C@@H]3[C@H]4Oc5ccc(Oc6ccnc7c6COC(=O)N7)cc5[C@@H]34)cc2C(F)(F)F)CC1.N[C@@H]1[C@H]2Oc3ccc(Oc4ccnc5c4COC(=O)N5)cc3[C@@H]12. The average Bonchev–Trinajstić information content (AvgIpc) is 4.03. The number of likely N-dealkylation sites (N-methyl/N-ethyl adjacent to an activating group) is 1. The van der Waals surface area contributed by atoms with E-state index in [9.17, 15) is 27.6 Å². The van der Waals surface area contributed by atoms with Crippen molar-refractivity contribution in [3.05, 3.63) is 118 Å². The van der Waals surface area contributed by atoms with E-state index in [4.69, 9.17) is 34.2 Å². The minimum atomic E-state index is -4.56. The maximum absolute atomic E-state index is 14.1. The number of cyclic esters (lactones) is 2. The lowest BCUT2D eigenvalue weighted by atomic mass is 9.97. The first-order chi connectivity index (χ1) is 32.4. The highest BCUT2D eigenvalue weighted by molar-refractivity contribution is 5.97.